The van der Waals surface area contributed by atoms with Gasteiger partial charge in [-0.2, -0.15) is 0 Å². The van der Waals surface area contributed by atoms with Crippen molar-refractivity contribution in [2.24, 2.45) is 0 Å². The number of likely N-dealkylation sites (N-methyl/N-ethyl adjacent to an activating group) is 1. The Balaban J connectivity index is 4.17. The van der Waals surface area contributed by atoms with Gasteiger partial charge in [0.1, 0.15) is 25.4 Å². The van der Waals surface area contributed by atoms with Crippen LogP contribution in [0.15, 0.2) is 12.7 Å². The van der Waals surface area contributed by atoms with Gasteiger partial charge >= 0.3 is 0 Å². The first kappa shape index (κ1) is 35.4. The number of rotatable bonds is 26. The van der Waals surface area contributed by atoms with Crippen molar-refractivity contribution in [3.8, 4) is 0 Å². The summed E-state index contributed by atoms with van der Waals surface area (Å²) in [5.41, 5.74) is 0. The van der Waals surface area contributed by atoms with Crippen molar-refractivity contribution in [2.45, 2.75) is 109 Å². The first-order chi connectivity index (χ1) is 17.0. The third-order valence-electron chi connectivity index (χ3n) is 6.00. The molecule has 0 aliphatic heterocycles. The second kappa shape index (κ2) is 21.3. The van der Waals surface area contributed by atoms with Gasteiger partial charge in [-0.15, -0.1) is 6.58 Å². The Morgan fingerprint density at radius 1 is 0.944 bits per heavy atom. The quantitative estimate of drug-likeness (QED) is 0.0704. The molecule has 0 amide bonds. The molecule has 0 heterocycles. The summed E-state index contributed by atoms with van der Waals surface area (Å²) in [6, 6.07) is 0. The molecule has 0 saturated carbocycles. The molecule has 0 spiro atoms. The summed E-state index contributed by atoms with van der Waals surface area (Å²) in [5, 5.41) is 10.4. The highest BCUT2D eigenvalue weighted by Gasteiger charge is 2.28. The fourth-order valence-electron chi connectivity index (χ4n) is 3.77. The molecule has 0 bridgehead atoms. The number of unbranched alkanes of at least 4 members (excludes halogenated alkanes) is 12. The molecular formula is C27H54NO7P. The Hall–Kier alpha value is -0.600. The average molecular weight is 536 g/mol. The van der Waals surface area contributed by atoms with Crippen LogP contribution in [0, 0.1) is 0 Å². The molecule has 214 valence electrons. The lowest BCUT2D eigenvalue weighted by molar-refractivity contribution is -0.870. The maximum Gasteiger partial charge on any atom is 0.268 e. The number of hydrogen-bond acceptors (Lipinski definition) is 7. The van der Waals surface area contributed by atoms with Crippen LogP contribution in [0.25, 0.3) is 0 Å². The fraction of sp³-hybridized carbons (Fsp3) is 0.889. The molecule has 1 N–H and O–H groups in total. The van der Waals surface area contributed by atoms with E-state index in [1.807, 2.05) is 21.1 Å². The summed E-state index contributed by atoms with van der Waals surface area (Å²) in [6.45, 7) is 5.72. The van der Waals surface area contributed by atoms with Gasteiger partial charge < -0.3 is 28.3 Å². The summed E-state index contributed by atoms with van der Waals surface area (Å²) >= 11 is 0. The lowest BCUT2D eigenvalue weighted by Crippen LogP contribution is -2.40. The molecule has 9 heteroatoms. The van der Waals surface area contributed by atoms with Crippen LogP contribution in [0.2, 0.25) is 0 Å². The summed E-state index contributed by atoms with van der Waals surface area (Å²) in [5.74, 6) is -0.261. The maximum atomic E-state index is 12.6. The number of carbonyl (C=O) groups is 1. The second-order valence-corrected chi connectivity index (χ2v) is 12.1. The Morgan fingerprint density at radius 3 is 1.92 bits per heavy atom. The highest BCUT2D eigenvalue weighted by molar-refractivity contribution is 7.45. The monoisotopic (exact) mass is 535 g/mol. The van der Waals surface area contributed by atoms with E-state index in [2.05, 4.69) is 13.5 Å². The van der Waals surface area contributed by atoms with Crippen molar-refractivity contribution in [3.63, 3.8) is 0 Å². The van der Waals surface area contributed by atoms with Gasteiger partial charge in [-0.25, -0.2) is 0 Å². The zero-order valence-corrected chi connectivity index (χ0v) is 24.4. The molecule has 0 rings (SSSR count). The van der Waals surface area contributed by atoms with E-state index >= 15 is 0 Å². The number of phosphoric ester groups is 1. The lowest BCUT2D eigenvalue weighted by Gasteiger charge is -2.28. The van der Waals surface area contributed by atoms with Gasteiger partial charge in [0.2, 0.25) is 0 Å². The van der Waals surface area contributed by atoms with Gasteiger partial charge in [-0.1, -0.05) is 90.0 Å². The Morgan fingerprint density at radius 2 is 1.44 bits per heavy atom. The SMILES string of the molecule is C=CCOC(C(=O)CCCCCCCCCCCCCCC)[C@@H](O)COP(=O)([O-])OCC[N+](C)(C)C. The van der Waals surface area contributed by atoms with Gasteiger partial charge in [-0.3, -0.25) is 9.36 Å². The zero-order valence-electron chi connectivity index (χ0n) is 23.5. The van der Waals surface area contributed by atoms with Crippen LogP contribution in [0.1, 0.15) is 96.8 Å². The third-order valence-corrected chi connectivity index (χ3v) is 6.97. The van der Waals surface area contributed by atoms with Gasteiger partial charge in [0.05, 0.1) is 34.4 Å². The standard InChI is InChI=1S/C27H54NO7P/c1-6-8-9-10-11-12-13-14-15-16-17-18-19-20-25(29)27(33-22-7-2)26(30)24-35-36(31,32)34-23-21-28(3,4)5/h7,26-27,30H,2,6,8-24H2,1,3-5H3/t26-,27?/m0/s1. The minimum atomic E-state index is -4.59. The molecule has 0 aliphatic carbocycles. The lowest BCUT2D eigenvalue weighted by atomic mass is 10.0. The number of aliphatic hydroxyl groups excluding tert-OH is 1. The summed E-state index contributed by atoms with van der Waals surface area (Å²) < 4.78 is 27.6. The van der Waals surface area contributed by atoms with Gasteiger partial charge in [0.15, 0.2) is 5.78 Å². The maximum absolute atomic E-state index is 12.6. The smallest absolute Gasteiger partial charge is 0.268 e. The molecule has 0 aliphatic rings. The van der Waals surface area contributed by atoms with Crippen LogP contribution in [-0.2, 0) is 23.1 Å². The largest absolute Gasteiger partial charge is 0.756 e. The molecule has 8 nitrogen and oxygen atoms in total. The van der Waals surface area contributed by atoms with Crippen LogP contribution in [0.5, 0.6) is 0 Å². The number of phosphoric acid groups is 1. The fourth-order valence-corrected chi connectivity index (χ4v) is 4.48. The van der Waals surface area contributed by atoms with Crippen molar-refractivity contribution in [2.75, 3.05) is 47.5 Å². The van der Waals surface area contributed by atoms with Crippen LogP contribution in [0.4, 0.5) is 0 Å². The van der Waals surface area contributed by atoms with Crippen LogP contribution >= 0.6 is 7.82 Å². The van der Waals surface area contributed by atoms with Crippen molar-refractivity contribution >= 4 is 13.6 Å². The molecule has 0 saturated heterocycles. The highest BCUT2D eigenvalue weighted by Crippen LogP contribution is 2.38. The van der Waals surface area contributed by atoms with Crippen molar-refractivity contribution < 1.29 is 37.6 Å². The average Bonchev–Trinajstić information content (AvgIpc) is 2.80. The van der Waals surface area contributed by atoms with E-state index in [1.54, 1.807) is 0 Å². The van der Waals surface area contributed by atoms with Crippen molar-refractivity contribution in [3.05, 3.63) is 12.7 Å². The van der Waals surface area contributed by atoms with E-state index < -0.39 is 26.6 Å². The number of hydrogen-bond donors (Lipinski definition) is 1. The second-order valence-electron chi connectivity index (χ2n) is 10.7. The summed E-state index contributed by atoms with van der Waals surface area (Å²) in [7, 11) is 1.15. The molecular weight excluding hydrogens is 481 g/mol. The molecule has 0 fully saturated rings. The van der Waals surface area contributed by atoms with E-state index in [1.165, 1.54) is 70.3 Å². The minimum absolute atomic E-state index is 0.0330. The number of Topliss-reactive ketones (excluding diaryl/α,β-unsaturated/α-hetero) is 1. The minimum Gasteiger partial charge on any atom is -0.756 e. The first-order valence-electron chi connectivity index (χ1n) is 13.9. The van der Waals surface area contributed by atoms with E-state index in [-0.39, 0.29) is 25.4 Å². The molecule has 0 aromatic rings. The van der Waals surface area contributed by atoms with Crippen LogP contribution in [0.3, 0.4) is 0 Å². The van der Waals surface area contributed by atoms with Crippen LogP contribution in [-0.4, -0.2) is 75.1 Å². The molecule has 3 atom stereocenters. The van der Waals surface area contributed by atoms with Crippen LogP contribution < -0.4 is 4.89 Å². The van der Waals surface area contributed by atoms with Gasteiger partial charge in [0, 0.05) is 6.42 Å². The Kier molecular flexibility index (Phi) is 21.0. The Labute approximate surface area is 220 Å². The predicted molar refractivity (Wildman–Crippen MR) is 144 cm³/mol. The topological polar surface area (TPSA) is 105 Å². The highest BCUT2D eigenvalue weighted by atomic mass is 31.2. The molecule has 0 aromatic carbocycles. The normalized spacial score (nSPS) is 15.4. The summed E-state index contributed by atoms with van der Waals surface area (Å²) in [4.78, 5) is 24.6. The predicted octanol–water partition coefficient (Wildman–Crippen LogP) is 5.18. The first-order valence-corrected chi connectivity index (χ1v) is 15.3. The number of quaternary nitrogens is 1. The van der Waals surface area contributed by atoms with E-state index in [9.17, 15) is 19.4 Å². The van der Waals surface area contributed by atoms with E-state index in [4.69, 9.17) is 13.8 Å². The zero-order chi connectivity index (χ0) is 27.3. The van der Waals surface area contributed by atoms with Gasteiger partial charge in [0.25, 0.3) is 7.82 Å². The number of ether oxygens (including phenoxy) is 1. The number of aliphatic hydroxyl groups is 1. The molecule has 0 radical (unpaired) electrons. The van der Waals surface area contributed by atoms with Crippen molar-refractivity contribution in [1.29, 1.82) is 0 Å². The van der Waals surface area contributed by atoms with Crippen molar-refractivity contribution in [1.82, 2.24) is 0 Å². The number of nitrogens with zero attached hydrogens (tertiary/aromatic N) is 1. The molecule has 0 aromatic heterocycles. The third kappa shape index (κ3) is 21.5. The van der Waals surface area contributed by atoms with E-state index in [0.29, 0.717) is 17.4 Å². The van der Waals surface area contributed by atoms with E-state index in [0.717, 1.165) is 12.8 Å². The van der Waals surface area contributed by atoms with Gasteiger partial charge in [-0.05, 0) is 6.42 Å². The number of carbonyl (C=O) groups excluding carboxylic acids is 1. The molecule has 36 heavy (non-hydrogen) atoms. The summed E-state index contributed by atoms with van der Waals surface area (Å²) in [6.07, 6.45) is 15.0. The Bertz CT molecular complexity index is 609. The molecule has 2 unspecified atom stereocenters. The number of ketones is 1.